The lowest BCUT2D eigenvalue weighted by atomic mass is 10.1. The third-order valence-corrected chi connectivity index (χ3v) is 3.42. The highest BCUT2D eigenvalue weighted by Crippen LogP contribution is 2.24. The fraction of sp³-hybridized carbons (Fsp3) is 0.867. The van der Waals surface area contributed by atoms with Crippen molar-refractivity contribution >= 4 is 0 Å². The van der Waals surface area contributed by atoms with Crippen molar-refractivity contribution in [2.75, 3.05) is 0 Å². The Morgan fingerprint density at radius 2 is 1.82 bits per heavy atom. The molecule has 2 heteroatoms. The van der Waals surface area contributed by atoms with Crippen molar-refractivity contribution in [3.8, 4) is 0 Å². The minimum absolute atomic E-state index is 0.185. The molecule has 1 N–H and O–H groups in total. The van der Waals surface area contributed by atoms with E-state index >= 15 is 0 Å². The van der Waals surface area contributed by atoms with Gasteiger partial charge in [0.15, 0.2) is 6.29 Å². The molecule has 1 heterocycles. The average Bonchev–Trinajstić information content (AvgIpc) is 2.61. The molecule has 17 heavy (non-hydrogen) atoms. The van der Waals surface area contributed by atoms with Gasteiger partial charge in [0.1, 0.15) is 0 Å². The monoisotopic (exact) mass is 240 g/mol. The van der Waals surface area contributed by atoms with Gasteiger partial charge in [-0.1, -0.05) is 51.5 Å². The second kappa shape index (κ2) is 8.71. The number of ether oxygens (including phenoxy) is 1. The molecule has 0 radical (unpaired) electrons. The van der Waals surface area contributed by atoms with E-state index in [1.54, 1.807) is 0 Å². The molecule has 1 aliphatic heterocycles. The molecule has 1 saturated heterocycles. The summed E-state index contributed by atoms with van der Waals surface area (Å²) in [6.07, 6.45) is 13.1. The van der Waals surface area contributed by atoms with Crippen molar-refractivity contribution in [1.29, 1.82) is 0 Å². The Bertz CT molecular complexity index is 223. The molecule has 0 aromatic carbocycles. The fourth-order valence-electron chi connectivity index (χ4n) is 2.36. The average molecular weight is 240 g/mol. The maximum Gasteiger partial charge on any atom is 0.177 e. The van der Waals surface area contributed by atoms with Gasteiger partial charge in [0.25, 0.3) is 0 Å². The SMILES string of the molecule is CCCCCCCCC/C=C1/CC(C)OC1O. The summed E-state index contributed by atoms with van der Waals surface area (Å²) in [5, 5.41) is 9.57. The zero-order valence-corrected chi connectivity index (χ0v) is 11.5. The number of unbranched alkanes of at least 4 members (excludes halogenated alkanes) is 7. The molecule has 2 unspecified atom stereocenters. The Morgan fingerprint density at radius 1 is 1.18 bits per heavy atom. The van der Waals surface area contributed by atoms with Crippen molar-refractivity contribution in [3.63, 3.8) is 0 Å². The Balaban J connectivity index is 1.98. The van der Waals surface area contributed by atoms with E-state index in [2.05, 4.69) is 13.0 Å². The first kappa shape index (κ1) is 14.7. The lowest BCUT2D eigenvalue weighted by Crippen LogP contribution is -2.07. The normalized spacial score (nSPS) is 26.9. The summed E-state index contributed by atoms with van der Waals surface area (Å²) in [7, 11) is 0. The summed E-state index contributed by atoms with van der Waals surface area (Å²) >= 11 is 0. The first-order valence-electron chi connectivity index (χ1n) is 7.26. The van der Waals surface area contributed by atoms with Gasteiger partial charge in [-0.2, -0.15) is 0 Å². The summed E-state index contributed by atoms with van der Waals surface area (Å²) in [5.74, 6) is 0. The van der Waals surface area contributed by atoms with Crippen LogP contribution in [-0.4, -0.2) is 17.5 Å². The Kier molecular flexibility index (Phi) is 7.54. The molecule has 0 bridgehead atoms. The van der Waals surface area contributed by atoms with Crippen LogP contribution in [0.2, 0.25) is 0 Å². The van der Waals surface area contributed by atoms with Gasteiger partial charge in [0.05, 0.1) is 6.10 Å². The molecule has 0 aromatic heterocycles. The highest BCUT2D eigenvalue weighted by atomic mass is 16.6. The number of aliphatic hydroxyl groups excluding tert-OH is 1. The fourth-order valence-corrected chi connectivity index (χ4v) is 2.36. The van der Waals surface area contributed by atoms with Gasteiger partial charge in [0, 0.05) is 0 Å². The predicted molar refractivity (Wildman–Crippen MR) is 71.9 cm³/mol. The third-order valence-electron chi connectivity index (χ3n) is 3.42. The van der Waals surface area contributed by atoms with Gasteiger partial charge in [-0.3, -0.25) is 0 Å². The molecule has 0 amide bonds. The summed E-state index contributed by atoms with van der Waals surface area (Å²) < 4.78 is 5.28. The standard InChI is InChI=1S/C15H28O2/c1-3-4-5-6-7-8-9-10-11-14-12-13(2)17-15(14)16/h11,13,15-16H,3-10,12H2,1-2H3/b14-11-. The van der Waals surface area contributed by atoms with E-state index in [1.807, 2.05) is 6.92 Å². The number of hydrogen-bond acceptors (Lipinski definition) is 2. The number of aliphatic hydroxyl groups is 1. The van der Waals surface area contributed by atoms with Crippen molar-refractivity contribution < 1.29 is 9.84 Å². The maximum absolute atomic E-state index is 9.57. The van der Waals surface area contributed by atoms with Crippen LogP contribution in [0.4, 0.5) is 0 Å². The van der Waals surface area contributed by atoms with Crippen LogP contribution >= 0.6 is 0 Å². The highest BCUT2D eigenvalue weighted by Gasteiger charge is 2.24. The van der Waals surface area contributed by atoms with Gasteiger partial charge >= 0.3 is 0 Å². The van der Waals surface area contributed by atoms with Crippen LogP contribution in [0.3, 0.4) is 0 Å². The zero-order chi connectivity index (χ0) is 12.5. The van der Waals surface area contributed by atoms with E-state index < -0.39 is 6.29 Å². The molecule has 100 valence electrons. The first-order chi connectivity index (χ1) is 8.24. The lowest BCUT2D eigenvalue weighted by Gasteiger charge is -2.03. The van der Waals surface area contributed by atoms with Gasteiger partial charge in [-0.05, 0) is 31.8 Å². The summed E-state index contributed by atoms with van der Waals surface area (Å²) in [6.45, 7) is 4.26. The molecule has 0 spiro atoms. The van der Waals surface area contributed by atoms with Gasteiger partial charge < -0.3 is 9.84 Å². The van der Waals surface area contributed by atoms with E-state index in [4.69, 9.17) is 4.74 Å². The van der Waals surface area contributed by atoms with Crippen molar-refractivity contribution in [2.24, 2.45) is 0 Å². The molecule has 0 aliphatic carbocycles. The van der Waals surface area contributed by atoms with E-state index in [9.17, 15) is 5.11 Å². The van der Waals surface area contributed by atoms with Crippen LogP contribution in [0.5, 0.6) is 0 Å². The smallest absolute Gasteiger partial charge is 0.177 e. The van der Waals surface area contributed by atoms with Crippen LogP contribution in [-0.2, 0) is 4.74 Å². The van der Waals surface area contributed by atoms with E-state index in [0.717, 1.165) is 18.4 Å². The molecule has 0 saturated carbocycles. The number of rotatable bonds is 8. The topological polar surface area (TPSA) is 29.5 Å². The number of hydrogen-bond donors (Lipinski definition) is 1. The van der Waals surface area contributed by atoms with Gasteiger partial charge in [-0.15, -0.1) is 0 Å². The minimum atomic E-state index is -0.630. The zero-order valence-electron chi connectivity index (χ0n) is 11.5. The van der Waals surface area contributed by atoms with Gasteiger partial charge in [0.2, 0.25) is 0 Å². The second-order valence-electron chi connectivity index (χ2n) is 5.19. The van der Waals surface area contributed by atoms with E-state index in [-0.39, 0.29) is 6.10 Å². The Morgan fingerprint density at radius 3 is 2.41 bits per heavy atom. The third kappa shape index (κ3) is 6.23. The van der Waals surface area contributed by atoms with Crippen LogP contribution < -0.4 is 0 Å². The summed E-state index contributed by atoms with van der Waals surface area (Å²) in [5.41, 5.74) is 1.09. The lowest BCUT2D eigenvalue weighted by molar-refractivity contribution is -0.0698. The number of allylic oxidation sites excluding steroid dienone is 1. The van der Waals surface area contributed by atoms with Crippen LogP contribution in [0.15, 0.2) is 11.6 Å². The Hall–Kier alpha value is -0.340. The molecular weight excluding hydrogens is 212 g/mol. The first-order valence-corrected chi connectivity index (χ1v) is 7.26. The largest absolute Gasteiger partial charge is 0.364 e. The molecule has 1 aliphatic rings. The van der Waals surface area contributed by atoms with Crippen molar-refractivity contribution in [2.45, 2.75) is 84.0 Å². The van der Waals surface area contributed by atoms with Crippen molar-refractivity contribution in [3.05, 3.63) is 11.6 Å². The molecule has 1 rings (SSSR count). The molecule has 0 aromatic rings. The maximum atomic E-state index is 9.57. The van der Waals surface area contributed by atoms with E-state index in [1.165, 1.54) is 44.9 Å². The molecular formula is C15H28O2. The quantitative estimate of drug-likeness (QED) is 0.509. The Labute approximate surface area is 106 Å². The second-order valence-corrected chi connectivity index (χ2v) is 5.19. The van der Waals surface area contributed by atoms with Crippen LogP contribution in [0.1, 0.15) is 71.6 Å². The minimum Gasteiger partial charge on any atom is -0.364 e. The van der Waals surface area contributed by atoms with Gasteiger partial charge in [-0.25, -0.2) is 0 Å². The molecule has 1 fully saturated rings. The highest BCUT2D eigenvalue weighted by molar-refractivity contribution is 5.10. The summed E-state index contributed by atoms with van der Waals surface area (Å²) in [4.78, 5) is 0. The predicted octanol–water partition coefficient (Wildman–Crippen LogP) is 4.18. The molecule has 2 nitrogen and oxygen atoms in total. The molecule has 2 atom stereocenters. The van der Waals surface area contributed by atoms with Crippen LogP contribution in [0.25, 0.3) is 0 Å². The van der Waals surface area contributed by atoms with Crippen molar-refractivity contribution in [1.82, 2.24) is 0 Å². The van der Waals surface area contributed by atoms with Crippen LogP contribution in [0, 0.1) is 0 Å². The van der Waals surface area contributed by atoms with E-state index in [0.29, 0.717) is 0 Å². The summed E-state index contributed by atoms with van der Waals surface area (Å²) in [6, 6.07) is 0.